The van der Waals surface area contributed by atoms with Crippen LogP contribution in [-0.4, -0.2) is 5.78 Å². The first-order valence-corrected chi connectivity index (χ1v) is 7.50. The van der Waals surface area contributed by atoms with Gasteiger partial charge < -0.3 is 0 Å². The molecule has 0 aliphatic carbocycles. The van der Waals surface area contributed by atoms with E-state index in [1.165, 1.54) is 5.56 Å². The highest BCUT2D eigenvalue weighted by Crippen LogP contribution is 2.25. The second kappa shape index (κ2) is 5.53. The maximum Gasteiger partial charge on any atom is 0.193 e. The third-order valence-corrected chi connectivity index (χ3v) is 4.38. The van der Waals surface area contributed by atoms with E-state index in [-0.39, 0.29) is 11.2 Å². The van der Waals surface area contributed by atoms with Crippen LogP contribution in [0.15, 0.2) is 46.9 Å². The van der Waals surface area contributed by atoms with Gasteiger partial charge in [0.15, 0.2) is 5.78 Å². The van der Waals surface area contributed by atoms with Crippen LogP contribution in [0, 0.1) is 6.92 Å². The molecule has 0 fully saturated rings. The second-order valence-electron chi connectivity index (χ2n) is 6.07. The fraction of sp³-hybridized carbons (Fsp3) is 0.278. The topological polar surface area (TPSA) is 17.1 Å². The first-order chi connectivity index (χ1) is 9.30. The van der Waals surface area contributed by atoms with Crippen molar-refractivity contribution in [2.45, 2.75) is 33.1 Å². The van der Waals surface area contributed by atoms with Crippen LogP contribution in [0.1, 0.15) is 47.8 Å². The average Bonchev–Trinajstić information content (AvgIpc) is 2.40. The summed E-state index contributed by atoms with van der Waals surface area (Å²) < 4.78 is 0.967. The number of benzene rings is 2. The number of ketones is 1. The van der Waals surface area contributed by atoms with Gasteiger partial charge in [0, 0.05) is 15.6 Å². The summed E-state index contributed by atoms with van der Waals surface area (Å²) >= 11 is 3.47. The van der Waals surface area contributed by atoms with E-state index in [9.17, 15) is 4.79 Å². The number of rotatable bonds is 2. The van der Waals surface area contributed by atoms with Crippen LogP contribution in [0.4, 0.5) is 0 Å². The highest BCUT2D eigenvalue weighted by atomic mass is 79.9. The van der Waals surface area contributed by atoms with E-state index in [2.05, 4.69) is 36.7 Å². The monoisotopic (exact) mass is 330 g/mol. The van der Waals surface area contributed by atoms with Gasteiger partial charge in [-0.3, -0.25) is 4.79 Å². The zero-order chi connectivity index (χ0) is 14.9. The molecule has 0 unspecified atom stereocenters. The largest absolute Gasteiger partial charge is 0.289 e. The molecule has 0 heterocycles. The fourth-order valence-corrected chi connectivity index (χ4v) is 2.50. The molecular weight excluding hydrogens is 312 g/mol. The van der Waals surface area contributed by atoms with Crippen molar-refractivity contribution in [1.29, 1.82) is 0 Å². The molecule has 0 radical (unpaired) electrons. The van der Waals surface area contributed by atoms with Crippen LogP contribution in [0.3, 0.4) is 0 Å². The highest BCUT2D eigenvalue weighted by Gasteiger charge is 2.16. The maximum atomic E-state index is 12.6. The SMILES string of the molecule is Cc1c(Br)cccc1C(=O)c1ccc(C(C)(C)C)cc1. The fourth-order valence-electron chi connectivity index (χ4n) is 2.13. The van der Waals surface area contributed by atoms with Crippen molar-refractivity contribution in [3.8, 4) is 0 Å². The summed E-state index contributed by atoms with van der Waals surface area (Å²) in [6.45, 7) is 8.47. The number of halogens is 1. The molecule has 1 nitrogen and oxygen atoms in total. The lowest BCUT2D eigenvalue weighted by atomic mass is 9.86. The van der Waals surface area contributed by atoms with Gasteiger partial charge in [-0.25, -0.2) is 0 Å². The minimum Gasteiger partial charge on any atom is -0.289 e. The summed E-state index contributed by atoms with van der Waals surface area (Å²) in [5, 5.41) is 0. The van der Waals surface area contributed by atoms with Crippen molar-refractivity contribution in [2.75, 3.05) is 0 Å². The van der Waals surface area contributed by atoms with Gasteiger partial charge in [-0.2, -0.15) is 0 Å². The van der Waals surface area contributed by atoms with Crippen molar-refractivity contribution in [1.82, 2.24) is 0 Å². The molecule has 2 heteroatoms. The Morgan fingerprint density at radius 1 is 1.00 bits per heavy atom. The van der Waals surface area contributed by atoms with Crippen LogP contribution in [-0.2, 0) is 5.41 Å². The Bertz CT molecular complexity index is 633. The maximum absolute atomic E-state index is 12.6. The quantitative estimate of drug-likeness (QED) is 0.684. The summed E-state index contributed by atoms with van der Waals surface area (Å²) in [5.41, 5.74) is 3.81. The van der Waals surface area contributed by atoms with Crippen LogP contribution in [0.25, 0.3) is 0 Å². The molecule has 104 valence electrons. The Kier molecular flexibility index (Phi) is 4.14. The lowest BCUT2D eigenvalue weighted by molar-refractivity contribution is 0.103. The Morgan fingerprint density at radius 3 is 2.15 bits per heavy atom. The van der Waals surface area contributed by atoms with E-state index in [1.54, 1.807) is 0 Å². The first kappa shape index (κ1) is 15.0. The predicted molar refractivity (Wildman–Crippen MR) is 87.5 cm³/mol. The number of carbonyl (C=O) groups excluding carboxylic acids is 1. The van der Waals surface area contributed by atoms with E-state index in [0.717, 1.165) is 21.2 Å². The van der Waals surface area contributed by atoms with Crippen molar-refractivity contribution in [3.05, 3.63) is 69.2 Å². The summed E-state index contributed by atoms with van der Waals surface area (Å²) in [6, 6.07) is 13.6. The minimum absolute atomic E-state index is 0.0734. The van der Waals surface area contributed by atoms with Crippen LogP contribution >= 0.6 is 15.9 Å². The molecule has 20 heavy (non-hydrogen) atoms. The Morgan fingerprint density at radius 2 is 1.60 bits per heavy atom. The van der Waals surface area contributed by atoms with E-state index < -0.39 is 0 Å². The first-order valence-electron chi connectivity index (χ1n) is 6.71. The minimum atomic E-state index is 0.0734. The predicted octanol–water partition coefficient (Wildman–Crippen LogP) is 5.29. The van der Waals surface area contributed by atoms with E-state index in [1.807, 2.05) is 49.4 Å². The highest BCUT2D eigenvalue weighted by molar-refractivity contribution is 9.10. The van der Waals surface area contributed by atoms with E-state index in [4.69, 9.17) is 0 Å². The van der Waals surface area contributed by atoms with E-state index >= 15 is 0 Å². The normalized spacial score (nSPS) is 11.4. The molecule has 0 aromatic heterocycles. The van der Waals surface area contributed by atoms with Crippen molar-refractivity contribution in [3.63, 3.8) is 0 Å². The Labute approximate surface area is 129 Å². The molecule has 0 aliphatic rings. The van der Waals surface area contributed by atoms with Crippen LogP contribution < -0.4 is 0 Å². The number of hydrogen-bond donors (Lipinski definition) is 0. The number of hydrogen-bond acceptors (Lipinski definition) is 1. The lowest BCUT2D eigenvalue weighted by Gasteiger charge is -2.19. The van der Waals surface area contributed by atoms with Crippen molar-refractivity contribution >= 4 is 21.7 Å². The Balaban J connectivity index is 2.37. The van der Waals surface area contributed by atoms with Gasteiger partial charge in [0.05, 0.1) is 0 Å². The second-order valence-corrected chi connectivity index (χ2v) is 6.92. The van der Waals surface area contributed by atoms with Gasteiger partial charge in [0.2, 0.25) is 0 Å². The molecule has 0 spiro atoms. The molecular formula is C18H19BrO. The molecule has 0 saturated carbocycles. The standard InChI is InChI=1S/C18H19BrO/c1-12-15(6-5-7-16(12)19)17(20)13-8-10-14(11-9-13)18(2,3)4/h5-11H,1-4H3. The summed E-state index contributed by atoms with van der Waals surface area (Å²) in [5.74, 6) is 0.0734. The van der Waals surface area contributed by atoms with Crippen molar-refractivity contribution < 1.29 is 4.79 Å². The molecule has 0 atom stereocenters. The molecule has 0 saturated heterocycles. The van der Waals surface area contributed by atoms with Gasteiger partial charge in [0.1, 0.15) is 0 Å². The lowest BCUT2D eigenvalue weighted by Crippen LogP contribution is -2.11. The molecule has 0 N–H and O–H groups in total. The van der Waals surface area contributed by atoms with E-state index in [0.29, 0.717) is 0 Å². The zero-order valence-electron chi connectivity index (χ0n) is 12.3. The third-order valence-electron chi connectivity index (χ3n) is 3.53. The molecule has 0 aliphatic heterocycles. The molecule has 2 rings (SSSR count). The molecule has 0 bridgehead atoms. The average molecular weight is 331 g/mol. The molecule has 2 aromatic rings. The van der Waals surface area contributed by atoms with Gasteiger partial charge in [-0.1, -0.05) is 73.1 Å². The third kappa shape index (κ3) is 3.01. The summed E-state index contributed by atoms with van der Waals surface area (Å²) in [4.78, 5) is 12.6. The van der Waals surface area contributed by atoms with Gasteiger partial charge in [0.25, 0.3) is 0 Å². The Hall–Kier alpha value is -1.41. The van der Waals surface area contributed by atoms with Gasteiger partial charge in [-0.05, 0) is 29.5 Å². The van der Waals surface area contributed by atoms with Crippen molar-refractivity contribution in [2.24, 2.45) is 0 Å². The van der Waals surface area contributed by atoms with Gasteiger partial charge >= 0.3 is 0 Å². The zero-order valence-corrected chi connectivity index (χ0v) is 13.9. The van der Waals surface area contributed by atoms with Gasteiger partial charge in [-0.15, -0.1) is 0 Å². The molecule has 0 amide bonds. The molecule has 2 aromatic carbocycles. The van der Waals surface area contributed by atoms with Crippen LogP contribution in [0.5, 0.6) is 0 Å². The summed E-state index contributed by atoms with van der Waals surface area (Å²) in [7, 11) is 0. The smallest absolute Gasteiger partial charge is 0.193 e. The van der Waals surface area contributed by atoms with Crippen LogP contribution in [0.2, 0.25) is 0 Å². The number of carbonyl (C=O) groups is 1. The summed E-state index contributed by atoms with van der Waals surface area (Å²) in [6.07, 6.45) is 0.